The van der Waals surface area contributed by atoms with Crippen LogP contribution in [0.5, 0.6) is 11.5 Å². The molecular weight excluding hydrogens is 236 g/mol. The van der Waals surface area contributed by atoms with E-state index in [0.717, 1.165) is 5.56 Å². The van der Waals surface area contributed by atoms with Crippen LogP contribution in [-0.2, 0) is 11.3 Å². The van der Waals surface area contributed by atoms with Crippen molar-refractivity contribution in [1.29, 1.82) is 0 Å². The molecule has 0 radical (unpaired) electrons. The van der Waals surface area contributed by atoms with E-state index in [1.807, 2.05) is 12.1 Å². The van der Waals surface area contributed by atoms with Gasteiger partial charge in [-0.2, -0.15) is 0 Å². The molecular formula is C12H16N2O4. The monoisotopic (exact) mass is 252 g/mol. The maximum atomic E-state index is 11.3. The lowest BCUT2D eigenvalue weighted by molar-refractivity contribution is -0.128. The minimum Gasteiger partial charge on any atom is -0.486 e. The van der Waals surface area contributed by atoms with Crippen molar-refractivity contribution in [1.82, 2.24) is 5.32 Å². The molecule has 1 aromatic carbocycles. The van der Waals surface area contributed by atoms with Crippen molar-refractivity contribution >= 4 is 5.91 Å². The second kappa shape index (κ2) is 5.70. The highest BCUT2D eigenvalue weighted by atomic mass is 16.6. The zero-order valence-electron chi connectivity index (χ0n) is 9.89. The highest BCUT2D eigenvalue weighted by molar-refractivity contribution is 5.80. The Kier molecular flexibility index (Phi) is 4.01. The van der Waals surface area contributed by atoms with Gasteiger partial charge in [0.05, 0.1) is 0 Å². The van der Waals surface area contributed by atoms with Gasteiger partial charge < -0.3 is 25.6 Å². The van der Waals surface area contributed by atoms with Crippen molar-refractivity contribution in [2.24, 2.45) is 5.73 Å². The van der Waals surface area contributed by atoms with Crippen molar-refractivity contribution in [3.8, 4) is 11.5 Å². The van der Waals surface area contributed by atoms with Crippen molar-refractivity contribution in [3.63, 3.8) is 0 Å². The van der Waals surface area contributed by atoms with E-state index in [4.69, 9.17) is 15.2 Å². The number of fused-ring (bicyclic) bond motifs is 1. The smallest absolute Gasteiger partial charge is 0.250 e. The molecule has 6 heteroatoms. The molecule has 1 amide bonds. The summed E-state index contributed by atoms with van der Waals surface area (Å²) in [6, 6.07) is 5.45. The van der Waals surface area contributed by atoms with Gasteiger partial charge in [0.15, 0.2) is 11.5 Å². The molecule has 1 atom stereocenters. The topological polar surface area (TPSA) is 93.8 Å². The minimum atomic E-state index is -1.16. The Balaban J connectivity index is 1.96. The van der Waals surface area contributed by atoms with Crippen LogP contribution in [0.1, 0.15) is 5.56 Å². The first kappa shape index (κ1) is 12.7. The molecule has 1 heterocycles. The number of ether oxygens (including phenoxy) is 2. The van der Waals surface area contributed by atoms with Crippen LogP contribution in [0.15, 0.2) is 18.2 Å². The number of carbonyl (C=O) groups is 1. The average molecular weight is 252 g/mol. The van der Waals surface area contributed by atoms with Crippen LogP contribution in [-0.4, -0.2) is 36.9 Å². The molecule has 1 aliphatic heterocycles. The third kappa shape index (κ3) is 2.91. The summed E-state index contributed by atoms with van der Waals surface area (Å²) in [5.41, 5.74) is 6.06. The van der Waals surface area contributed by atoms with Gasteiger partial charge in [0, 0.05) is 13.1 Å². The van der Waals surface area contributed by atoms with E-state index in [0.29, 0.717) is 31.3 Å². The first-order valence-electron chi connectivity index (χ1n) is 5.75. The number of carbonyl (C=O) groups excluding carboxylic acids is 1. The zero-order valence-corrected chi connectivity index (χ0v) is 9.89. The summed E-state index contributed by atoms with van der Waals surface area (Å²) in [5, 5.41) is 11.8. The number of rotatable bonds is 4. The lowest BCUT2D eigenvalue weighted by Gasteiger charge is -2.19. The number of aliphatic hydroxyl groups is 1. The highest BCUT2D eigenvalue weighted by Crippen LogP contribution is 2.30. The van der Waals surface area contributed by atoms with Gasteiger partial charge in [0.1, 0.15) is 19.3 Å². The molecule has 1 unspecified atom stereocenters. The van der Waals surface area contributed by atoms with Crippen molar-refractivity contribution in [2.75, 3.05) is 19.8 Å². The number of hydrogen-bond donors (Lipinski definition) is 3. The molecule has 0 fully saturated rings. The van der Waals surface area contributed by atoms with E-state index in [1.165, 1.54) is 0 Å². The van der Waals surface area contributed by atoms with Crippen LogP contribution in [0, 0.1) is 0 Å². The van der Waals surface area contributed by atoms with E-state index in [1.54, 1.807) is 6.07 Å². The second-order valence-corrected chi connectivity index (χ2v) is 3.95. The Hall–Kier alpha value is -1.79. The van der Waals surface area contributed by atoms with Crippen LogP contribution in [0.25, 0.3) is 0 Å². The molecule has 4 N–H and O–H groups in total. The summed E-state index contributed by atoms with van der Waals surface area (Å²) in [6.45, 7) is 1.29. The Morgan fingerprint density at radius 1 is 1.39 bits per heavy atom. The third-order valence-electron chi connectivity index (χ3n) is 2.60. The second-order valence-electron chi connectivity index (χ2n) is 3.95. The Morgan fingerprint density at radius 3 is 2.83 bits per heavy atom. The van der Waals surface area contributed by atoms with E-state index in [9.17, 15) is 9.90 Å². The molecule has 0 spiro atoms. The summed E-state index contributed by atoms with van der Waals surface area (Å²) in [5.74, 6) is 0.901. The SMILES string of the molecule is NCC(O)C(=O)NCc1ccc2c(c1)OCCO2. The number of hydrogen-bond acceptors (Lipinski definition) is 5. The van der Waals surface area contributed by atoms with Crippen LogP contribution in [0.3, 0.4) is 0 Å². The van der Waals surface area contributed by atoms with Crippen molar-refractivity contribution in [2.45, 2.75) is 12.6 Å². The average Bonchev–Trinajstić information content (AvgIpc) is 2.43. The summed E-state index contributed by atoms with van der Waals surface area (Å²) >= 11 is 0. The quantitative estimate of drug-likeness (QED) is 0.665. The fourth-order valence-electron chi connectivity index (χ4n) is 1.61. The number of aliphatic hydroxyl groups excluding tert-OH is 1. The molecule has 18 heavy (non-hydrogen) atoms. The standard InChI is InChI=1S/C12H16N2O4/c13-6-9(15)12(16)14-7-8-1-2-10-11(5-8)18-4-3-17-10/h1-2,5,9,15H,3-4,6-7,13H2,(H,14,16). The van der Waals surface area contributed by atoms with Gasteiger partial charge in [-0.25, -0.2) is 0 Å². The molecule has 0 saturated heterocycles. The van der Waals surface area contributed by atoms with E-state index in [2.05, 4.69) is 5.32 Å². The molecule has 0 bridgehead atoms. The van der Waals surface area contributed by atoms with Gasteiger partial charge in [0.25, 0.3) is 0 Å². The van der Waals surface area contributed by atoms with Gasteiger partial charge in [-0.1, -0.05) is 6.07 Å². The molecule has 0 aliphatic carbocycles. The Bertz CT molecular complexity index is 436. The number of nitrogens with two attached hydrogens (primary N) is 1. The van der Waals surface area contributed by atoms with Gasteiger partial charge >= 0.3 is 0 Å². The number of nitrogens with one attached hydrogen (secondary N) is 1. The van der Waals surface area contributed by atoms with E-state index in [-0.39, 0.29) is 6.54 Å². The molecule has 0 aromatic heterocycles. The maximum absolute atomic E-state index is 11.3. The van der Waals surface area contributed by atoms with Crippen molar-refractivity contribution < 1.29 is 19.4 Å². The highest BCUT2D eigenvalue weighted by Gasteiger charge is 2.14. The predicted molar refractivity (Wildman–Crippen MR) is 64.3 cm³/mol. The largest absolute Gasteiger partial charge is 0.486 e. The number of amides is 1. The number of benzene rings is 1. The van der Waals surface area contributed by atoms with Gasteiger partial charge in [-0.05, 0) is 17.7 Å². The zero-order chi connectivity index (χ0) is 13.0. The van der Waals surface area contributed by atoms with Gasteiger partial charge in [-0.3, -0.25) is 4.79 Å². The molecule has 1 aromatic rings. The Morgan fingerprint density at radius 2 is 2.11 bits per heavy atom. The maximum Gasteiger partial charge on any atom is 0.250 e. The summed E-state index contributed by atoms with van der Waals surface area (Å²) in [4.78, 5) is 11.3. The lowest BCUT2D eigenvalue weighted by Crippen LogP contribution is -2.38. The van der Waals surface area contributed by atoms with Gasteiger partial charge in [-0.15, -0.1) is 0 Å². The van der Waals surface area contributed by atoms with E-state index >= 15 is 0 Å². The molecule has 0 saturated carbocycles. The van der Waals surface area contributed by atoms with Crippen LogP contribution in [0.2, 0.25) is 0 Å². The summed E-state index contributed by atoms with van der Waals surface area (Å²) in [6.07, 6.45) is -1.16. The summed E-state index contributed by atoms with van der Waals surface area (Å²) in [7, 11) is 0. The fraction of sp³-hybridized carbons (Fsp3) is 0.417. The minimum absolute atomic E-state index is 0.0903. The molecule has 98 valence electrons. The van der Waals surface area contributed by atoms with Crippen LogP contribution in [0.4, 0.5) is 0 Å². The van der Waals surface area contributed by atoms with E-state index < -0.39 is 12.0 Å². The van der Waals surface area contributed by atoms with Crippen LogP contribution >= 0.6 is 0 Å². The fourth-order valence-corrected chi connectivity index (χ4v) is 1.61. The lowest BCUT2D eigenvalue weighted by atomic mass is 10.2. The first-order chi connectivity index (χ1) is 8.70. The molecule has 2 rings (SSSR count). The Labute approximate surface area is 105 Å². The van der Waals surface area contributed by atoms with Crippen molar-refractivity contribution in [3.05, 3.63) is 23.8 Å². The summed E-state index contributed by atoms with van der Waals surface area (Å²) < 4.78 is 10.8. The first-order valence-corrected chi connectivity index (χ1v) is 5.75. The normalized spacial score (nSPS) is 15.0. The third-order valence-corrected chi connectivity index (χ3v) is 2.60. The molecule has 6 nitrogen and oxygen atoms in total. The molecule has 1 aliphatic rings. The van der Waals surface area contributed by atoms with Crippen LogP contribution < -0.4 is 20.5 Å². The van der Waals surface area contributed by atoms with Gasteiger partial charge in [0.2, 0.25) is 5.91 Å². The predicted octanol–water partition coefficient (Wildman–Crippen LogP) is -0.606.